The molecule has 0 aliphatic carbocycles. The van der Waals surface area contributed by atoms with Crippen LogP contribution in [0.4, 0.5) is 5.69 Å². The number of benzene rings is 2. The summed E-state index contributed by atoms with van der Waals surface area (Å²) in [5, 5.41) is 11.0. The number of amides is 1. The van der Waals surface area contributed by atoms with Gasteiger partial charge in [-0.3, -0.25) is 14.9 Å². The van der Waals surface area contributed by atoms with Crippen LogP contribution >= 0.6 is 0 Å². The maximum atomic E-state index is 12.6. The Hall–Kier alpha value is -3.09. The highest BCUT2D eigenvalue weighted by Crippen LogP contribution is 2.28. The van der Waals surface area contributed by atoms with Crippen molar-refractivity contribution in [3.63, 3.8) is 0 Å². The third kappa shape index (κ3) is 4.06. The summed E-state index contributed by atoms with van der Waals surface area (Å²) in [4.78, 5) is 24.6. The number of nitro groups is 1. The summed E-state index contributed by atoms with van der Waals surface area (Å²) in [5.41, 5.74) is 1.59. The van der Waals surface area contributed by atoms with Gasteiger partial charge in [0.15, 0.2) is 11.5 Å². The van der Waals surface area contributed by atoms with Crippen molar-refractivity contribution in [2.45, 2.75) is 13.5 Å². The first-order valence-electron chi connectivity index (χ1n) is 7.58. The number of nitrogens with zero attached hydrogens (tertiary/aromatic N) is 2. The van der Waals surface area contributed by atoms with Gasteiger partial charge in [-0.1, -0.05) is 12.1 Å². The van der Waals surface area contributed by atoms with E-state index < -0.39 is 4.92 Å². The lowest BCUT2D eigenvalue weighted by Gasteiger charge is -2.18. The van der Waals surface area contributed by atoms with E-state index in [1.54, 1.807) is 52.5 Å². The fourth-order valence-corrected chi connectivity index (χ4v) is 2.48. The smallest absolute Gasteiger partial charge is 0.273 e. The van der Waals surface area contributed by atoms with E-state index in [0.717, 1.165) is 5.56 Å². The van der Waals surface area contributed by atoms with Crippen LogP contribution in [0.1, 0.15) is 21.5 Å². The summed E-state index contributed by atoms with van der Waals surface area (Å²) in [6.45, 7) is 1.97. The number of carbonyl (C=O) groups excluding carboxylic acids is 1. The largest absolute Gasteiger partial charge is 0.493 e. The van der Waals surface area contributed by atoms with Gasteiger partial charge in [0.1, 0.15) is 0 Å². The number of hydrogen-bond donors (Lipinski definition) is 0. The Morgan fingerprint density at radius 3 is 2.40 bits per heavy atom. The zero-order valence-corrected chi connectivity index (χ0v) is 14.6. The number of rotatable bonds is 6. The van der Waals surface area contributed by atoms with E-state index >= 15 is 0 Å². The molecule has 0 fully saturated rings. The second-order valence-electron chi connectivity index (χ2n) is 5.61. The molecule has 0 saturated carbocycles. The van der Waals surface area contributed by atoms with Crippen LogP contribution in [0.25, 0.3) is 0 Å². The number of methoxy groups -OCH3 is 2. The van der Waals surface area contributed by atoms with Gasteiger partial charge in [0.2, 0.25) is 0 Å². The van der Waals surface area contributed by atoms with Crippen LogP contribution in [0.15, 0.2) is 36.4 Å². The Balaban J connectivity index is 2.21. The van der Waals surface area contributed by atoms with Gasteiger partial charge in [0.05, 0.1) is 19.1 Å². The van der Waals surface area contributed by atoms with Crippen LogP contribution in [0.3, 0.4) is 0 Å². The minimum Gasteiger partial charge on any atom is -0.493 e. The molecule has 0 heterocycles. The average molecular weight is 344 g/mol. The first kappa shape index (κ1) is 18.3. The number of nitro benzene ring substituents is 1. The monoisotopic (exact) mass is 344 g/mol. The average Bonchev–Trinajstić information content (AvgIpc) is 2.61. The molecule has 0 atom stereocenters. The molecule has 0 N–H and O–H groups in total. The lowest BCUT2D eigenvalue weighted by molar-refractivity contribution is -0.385. The summed E-state index contributed by atoms with van der Waals surface area (Å²) >= 11 is 0. The van der Waals surface area contributed by atoms with E-state index in [0.29, 0.717) is 23.6 Å². The van der Waals surface area contributed by atoms with E-state index in [9.17, 15) is 14.9 Å². The highest BCUT2D eigenvalue weighted by Gasteiger charge is 2.18. The number of ether oxygens (including phenoxy) is 2. The Morgan fingerprint density at radius 2 is 1.80 bits per heavy atom. The molecule has 0 aromatic heterocycles. The molecule has 0 spiro atoms. The first-order chi connectivity index (χ1) is 11.9. The molecule has 0 aliphatic heterocycles. The molecule has 0 unspecified atom stereocenters. The Kier molecular flexibility index (Phi) is 5.59. The summed E-state index contributed by atoms with van der Waals surface area (Å²) in [6.07, 6.45) is 0. The van der Waals surface area contributed by atoms with Crippen LogP contribution in [-0.4, -0.2) is 37.0 Å². The lowest BCUT2D eigenvalue weighted by Crippen LogP contribution is -2.26. The van der Waals surface area contributed by atoms with E-state index in [4.69, 9.17) is 9.47 Å². The maximum absolute atomic E-state index is 12.6. The molecule has 2 aromatic rings. The predicted molar refractivity (Wildman–Crippen MR) is 93.2 cm³/mol. The van der Waals surface area contributed by atoms with Gasteiger partial charge in [0, 0.05) is 30.8 Å². The number of aryl methyl sites for hydroxylation is 1. The molecular weight excluding hydrogens is 324 g/mol. The van der Waals surface area contributed by atoms with Crippen LogP contribution in [0.5, 0.6) is 11.5 Å². The molecule has 0 radical (unpaired) electrons. The van der Waals surface area contributed by atoms with Gasteiger partial charge in [-0.15, -0.1) is 0 Å². The summed E-state index contributed by atoms with van der Waals surface area (Å²) in [5.74, 6) is 0.888. The topological polar surface area (TPSA) is 81.9 Å². The third-order valence-electron chi connectivity index (χ3n) is 3.87. The molecule has 7 nitrogen and oxygen atoms in total. The quantitative estimate of drug-likeness (QED) is 0.594. The Morgan fingerprint density at radius 1 is 1.12 bits per heavy atom. The molecule has 132 valence electrons. The molecule has 0 aliphatic rings. The molecule has 25 heavy (non-hydrogen) atoms. The normalized spacial score (nSPS) is 10.2. The van der Waals surface area contributed by atoms with Crippen molar-refractivity contribution in [1.82, 2.24) is 4.90 Å². The third-order valence-corrected chi connectivity index (χ3v) is 3.87. The maximum Gasteiger partial charge on any atom is 0.273 e. The Labute approximate surface area is 145 Å². The fraction of sp³-hybridized carbons (Fsp3) is 0.278. The second kappa shape index (κ2) is 7.65. The van der Waals surface area contributed by atoms with Gasteiger partial charge in [-0.2, -0.15) is 0 Å². The molecule has 0 saturated heterocycles. The Bertz CT molecular complexity index is 804. The van der Waals surface area contributed by atoms with Gasteiger partial charge in [-0.05, 0) is 30.7 Å². The summed E-state index contributed by atoms with van der Waals surface area (Å²) in [6, 6.07) is 9.88. The minimum absolute atomic E-state index is 0.0645. The summed E-state index contributed by atoms with van der Waals surface area (Å²) < 4.78 is 10.4. The molecule has 7 heteroatoms. The van der Waals surface area contributed by atoms with Gasteiger partial charge in [-0.25, -0.2) is 0 Å². The first-order valence-corrected chi connectivity index (χ1v) is 7.58. The molecular formula is C18H20N2O5. The zero-order chi connectivity index (χ0) is 18.6. The van der Waals surface area contributed by atoms with Crippen molar-refractivity contribution in [2.75, 3.05) is 21.3 Å². The molecule has 0 bridgehead atoms. The standard InChI is InChI=1S/C18H20N2O5/c1-12-5-7-14(10-15(12)20(22)23)18(21)19(2)11-13-6-8-16(24-3)17(9-13)25-4/h5-10H,11H2,1-4H3. The fourth-order valence-electron chi connectivity index (χ4n) is 2.48. The van der Waals surface area contributed by atoms with Crippen molar-refractivity contribution in [2.24, 2.45) is 0 Å². The van der Waals surface area contributed by atoms with E-state index in [1.807, 2.05) is 6.07 Å². The second-order valence-corrected chi connectivity index (χ2v) is 5.61. The summed E-state index contributed by atoms with van der Waals surface area (Å²) in [7, 11) is 4.74. The van der Waals surface area contributed by atoms with Crippen molar-refractivity contribution in [1.29, 1.82) is 0 Å². The van der Waals surface area contributed by atoms with Crippen molar-refractivity contribution >= 4 is 11.6 Å². The minimum atomic E-state index is -0.486. The van der Waals surface area contributed by atoms with E-state index in [1.165, 1.54) is 11.0 Å². The highest BCUT2D eigenvalue weighted by molar-refractivity contribution is 5.94. The van der Waals surface area contributed by atoms with Crippen molar-refractivity contribution in [3.05, 3.63) is 63.2 Å². The lowest BCUT2D eigenvalue weighted by atomic mass is 10.1. The molecule has 1 amide bonds. The number of carbonyl (C=O) groups is 1. The van der Waals surface area contributed by atoms with Gasteiger partial charge in [0.25, 0.3) is 11.6 Å². The van der Waals surface area contributed by atoms with Crippen LogP contribution < -0.4 is 9.47 Å². The van der Waals surface area contributed by atoms with E-state index in [-0.39, 0.29) is 17.2 Å². The highest BCUT2D eigenvalue weighted by atomic mass is 16.6. The van der Waals surface area contributed by atoms with Gasteiger partial charge >= 0.3 is 0 Å². The van der Waals surface area contributed by atoms with Gasteiger partial charge < -0.3 is 14.4 Å². The van der Waals surface area contributed by atoms with Crippen molar-refractivity contribution in [3.8, 4) is 11.5 Å². The SMILES string of the molecule is COc1ccc(CN(C)C(=O)c2ccc(C)c([N+](=O)[O-])c2)cc1OC. The van der Waals surface area contributed by atoms with Crippen LogP contribution in [-0.2, 0) is 6.54 Å². The van der Waals surface area contributed by atoms with Crippen molar-refractivity contribution < 1.29 is 19.2 Å². The molecule has 2 aromatic carbocycles. The number of hydrogen-bond acceptors (Lipinski definition) is 5. The zero-order valence-electron chi connectivity index (χ0n) is 14.6. The van der Waals surface area contributed by atoms with Crippen LogP contribution in [0, 0.1) is 17.0 Å². The van der Waals surface area contributed by atoms with Crippen LogP contribution in [0.2, 0.25) is 0 Å². The predicted octanol–water partition coefficient (Wildman–Crippen LogP) is 3.19. The van der Waals surface area contributed by atoms with E-state index in [2.05, 4.69) is 0 Å². The molecule has 2 rings (SSSR count).